The summed E-state index contributed by atoms with van der Waals surface area (Å²) in [6.07, 6.45) is -4.68. The quantitative estimate of drug-likeness (QED) is 0.819. The summed E-state index contributed by atoms with van der Waals surface area (Å²) < 4.78 is 71.1. The zero-order chi connectivity index (χ0) is 17.3. The van der Waals surface area contributed by atoms with Gasteiger partial charge in [-0.2, -0.15) is 13.2 Å². The van der Waals surface area contributed by atoms with E-state index in [-0.39, 0.29) is 10.6 Å². The molecule has 2 rings (SSSR count). The molecule has 0 saturated heterocycles. The van der Waals surface area contributed by atoms with E-state index in [0.29, 0.717) is 4.47 Å². The van der Waals surface area contributed by atoms with Gasteiger partial charge < -0.3 is 4.74 Å². The molecule has 0 bridgehead atoms. The third-order valence-electron chi connectivity index (χ3n) is 2.89. The van der Waals surface area contributed by atoms with E-state index in [2.05, 4.69) is 15.9 Å². The van der Waals surface area contributed by atoms with Gasteiger partial charge >= 0.3 is 6.18 Å². The molecular weight excluding hydrogens is 399 g/mol. The maximum atomic E-state index is 13.0. The molecule has 0 amide bonds. The molecule has 2 aromatic carbocycles. The Balaban J connectivity index is 2.51. The molecule has 9 heteroatoms. The number of alkyl halides is 3. The van der Waals surface area contributed by atoms with Gasteiger partial charge in [-0.3, -0.25) is 4.72 Å². The molecule has 0 unspecified atom stereocenters. The number of rotatable bonds is 4. The van der Waals surface area contributed by atoms with Crippen LogP contribution >= 0.6 is 15.9 Å². The zero-order valence-corrected chi connectivity index (χ0v) is 14.1. The number of nitrogens with one attached hydrogen (secondary N) is 1. The minimum atomic E-state index is -4.68. The van der Waals surface area contributed by atoms with Crippen molar-refractivity contribution in [3.05, 3.63) is 52.5 Å². The summed E-state index contributed by atoms with van der Waals surface area (Å²) in [5.74, 6) is 0.0187. The van der Waals surface area contributed by atoms with Crippen LogP contribution in [-0.2, 0) is 16.2 Å². The van der Waals surface area contributed by atoms with E-state index in [1.165, 1.54) is 31.4 Å². The van der Waals surface area contributed by atoms with Crippen LogP contribution in [-0.4, -0.2) is 15.5 Å². The van der Waals surface area contributed by atoms with E-state index in [1.807, 2.05) is 4.72 Å². The lowest BCUT2D eigenvalue weighted by atomic mass is 10.2. The highest BCUT2D eigenvalue weighted by atomic mass is 79.9. The molecule has 23 heavy (non-hydrogen) atoms. The van der Waals surface area contributed by atoms with E-state index >= 15 is 0 Å². The number of ether oxygens (including phenoxy) is 1. The first-order valence-electron chi connectivity index (χ1n) is 6.18. The fourth-order valence-electron chi connectivity index (χ4n) is 1.88. The highest BCUT2D eigenvalue weighted by Gasteiger charge is 2.34. The van der Waals surface area contributed by atoms with Crippen molar-refractivity contribution in [2.75, 3.05) is 11.8 Å². The van der Waals surface area contributed by atoms with Gasteiger partial charge in [0.2, 0.25) is 0 Å². The van der Waals surface area contributed by atoms with E-state index in [9.17, 15) is 21.6 Å². The molecule has 0 aliphatic rings. The number of hydrogen-bond donors (Lipinski definition) is 1. The first kappa shape index (κ1) is 17.6. The number of benzene rings is 2. The molecule has 0 aliphatic carbocycles. The maximum absolute atomic E-state index is 13.0. The van der Waals surface area contributed by atoms with Crippen molar-refractivity contribution < 1.29 is 26.3 Å². The first-order valence-corrected chi connectivity index (χ1v) is 8.45. The predicted molar refractivity (Wildman–Crippen MR) is 82.9 cm³/mol. The molecule has 0 radical (unpaired) electrons. The van der Waals surface area contributed by atoms with Gasteiger partial charge in [0.1, 0.15) is 10.6 Å². The third kappa shape index (κ3) is 3.97. The third-order valence-corrected chi connectivity index (χ3v) is 4.77. The van der Waals surface area contributed by atoms with E-state index in [1.54, 1.807) is 6.07 Å². The number of anilines is 1. The van der Waals surface area contributed by atoms with Crippen LogP contribution in [0.3, 0.4) is 0 Å². The molecule has 2 aromatic rings. The van der Waals surface area contributed by atoms with Crippen molar-refractivity contribution in [1.82, 2.24) is 0 Å². The van der Waals surface area contributed by atoms with Gasteiger partial charge in [-0.05, 0) is 30.3 Å². The monoisotopic (exact) mass is 409 g/mol. The van der Waals surface area contributed by atoms with Crippen LogP contribution in [0.4, 0.5) is 18.9 Å². The molecule has 1 N–H and O–H groups in total. The van der Waals surface area contributed by atoms with Crippen molar-refractivity contribution in [2.24, 2.45) is 0 Å². The van der Waals surface area contributed by atoms with Crippen LogP contribution in [0.5, 0.6) is 5.75 Å². The van der Waals surface area contributed by atoms with Gasteiger partial charge in [0, 0.05) is 4.47 Å². The van der Waals surface area contributed by atoms with Crippen LogP contribution < -0.4 is 9.46 Å². The lowest BCUT2D eigenvalue weighted by Crippen LogP contribution is -2.17. The summed E-state index contributed by atoms with van der Waals surface area (Å²) in [5, 5.41) is 0. The Labute approximate surface area is 139 Å². The average Bonchev–Trinajstić information content (AvgIpc) is 2.46. The smallest absolute Gasteiger partial charge is 0.418 e. The van der Waals surface area contributed by atoms with Gasteiger partial charge in [0.25, 0.3) is 10.0 Å². The van der Waals surface area contributed by atoms with Crippen LogP contribution in [0.1, 0.15) is 5.56 Å². The van der Waals surface area contributed by atoms with Crippen molar-refractivity contribution in [1.29, 1.82) is 0 Å². The van der Waals surface area contributed by atoms with E-state index in [0.717, 1.165) is 12.1 Å². The second-order valence-electron chi connectivity index (χ2n) is 4.44. The van der Waals surface area contributed by atoms with E-state index < -0.39 is 27.5 Å². The molecule has 124 valence electrons. The molecule has 0 spiro atoms. The Bertz CT molecular complexity index is 822. The largest absolute Gasteiger partial charge is 0.495 e. The summed E-state index contributed by atoms with van der Waals surface area (Å²) in [7, 11) is -3.00. The minimum Gasteiger partial charge on any atom is -0.495 e. The molecule has 0 heterocycles. The van der Waals surface area contributed by atoms with Crippen molar-refractivity contribution in [2.45, 2.75) is 11.1 Å². The molecule has 0 aromatic heterocycles. The summed E-state index contributed by atoms with van der Waals surface area (Å²) in [4.78, 5) is -0.272. The predicted octanol–water partition coefficient (Wildman–Crippen LogP) is 4.28. The molecule has 4 nitrogen and oxygen atoms in total. The Morgan fingerprint density at radius 3 is 2.39 bits per heavy atom. The number of methoxy groups -OCH3 is 1. The standard InChI is InChI=1S/C14H11BrF3NO3S/c1-22-12-7-6-9(15)8-13(12)23(20,21)19-11-5-3-2-4-10(11)14(16,17)18/h2-8,19H,1H3. The molecular formula is C14H11BrF3NO3S. The van der Waals surface area contributed by atoms with E-state index in [4.69, 9.17) is 4.74 Å². The Morgan fingerprint density at radius 2 is 1.78 bits per heavy atom. The molecule has 0 fully saturated rings. The Kier molecular flexibility index (Phi) is 4.90. The van der Waals surface area contributed by atoms with Crippen LogP contribution in [0.2, 0.25) is 0 Å². The highest BCUT2D eigenvalue weighted by molar-refractivity contribution is 9.10. The van der Waals surface area contributed by atoms with Gasteiger partial charge in [-0.25, -0.2) is 8.42 Å². The summed E-state index contributed by atoms with van der Waals surface area (Å²) in [6, 6.07) is 8.54. The highest BCUT2D eigenvalue weighted by Crippen LogP contribution is 2.36. The number of halogens is 4. The maximum Gasteiger partial charge on any atom is 0.418 e. The van der Waals surface area contributed by atoms with Crippen molar-refractivity contribution in [3.63, 3.8) is 0 Å². The number of hydrogen-bond acceptors (Lipinski definition) is 3. The lowest BCUT2D eigenvalue weighted by molar-refractivity contribution is -0.136. The van der Waals surface area contributed by atoms with Gasteiger partial charge in [-0.1, -0.05) is 28.1 Å². The fourth-order valence-corrected chi connectivity index (χ4v) is 3.67. The number of sulfonamides is 1. The van der Waals surface area contributed by atoms with Crippen molar-refractivity contribution in [3.8, 4) is 5.75 Å². The Morgan fingerprint density at radius 1 is 1.13 bits per heavy atom. The minimum absolute atomic E-state index is 0.0187. The summed E-state index contributed by atoms with van der Waals surface area (Å²) >= 11 is 3.12. The normalized spacial score (nSPS) is 12.0. The SMILES string of the molecule is COc1ccc(Br)cc1S(=O)(=O)Nc1ccccc1C(F)(F)F. The van der Waals surface area contributed by atoms with Gasteiger partial charge in [0.15, 0.2) is 0 Å². The summed E-state index contributed by atoms with van der Waals surface area (Å²) in [6.45, 7) is 0. The second kappa shape index (κ2) is 6.40. The zero-order valence-electron chi connectivity index (χ0n) is 11.7. The molecule has 0 saturated carbocycles. The number of para-hydroxylation sites is 1. The fraction of sp³-hybridized carbons (Fsp3) is 0.143. The van der Waals surface area contributed by atoms with Crippen LogP contribution in [0.25, 0.3) is 0 Å². The lowest BCUT2D eigenvalue weighted by Gasteiger charge is -2.16. The van der Waals surface area contributed by atoms with Gasteiger partial charge in [0.05, 0.1) is 18.4 Å². The summed E-state index contributed by atoms with van der Waals surface area (Å²) in [5.41, 5.74) is -1.63. The molecule has 0 atom stereocenters. The average molecular weight is 410 g/mol. The molecule has 0 aliphatic heterocycles. The van der Waals surface area contributed by atoms with Crippen molar-refractivity contribution >= 4 is 31.6 Å². The van der Waals surface area contributed by atoms with Gasteiger partial charge in [-0.15, -0.1) is 0 Å². The van der Waals surface area contributed by atoms with Crippen LogP contribution in [0, 0.1) is 0 Å². The Hall–Kier alpha value is -1.74. The second-order valence-corrected chi connectivity index (χ2v) is 7.01. The topological polar surface area (TPSA) is 55.4 Å². The van der Waals surface area contributed by atoms with Crippen LogP contribution in [0.15, 0.2) is 51.8 Å². The first-order chi connectivity index (χ1) is 10.6.